The van der Waals surface area contributed by atoms with E-state index in [1.165, 1.54) is 38.1 Å². The predicted octanol–water partition coefficient (Wildman–Crippen LogP) is -2.51. The van der Waals surface area contributed by atoms with Gasteiger partial charge in [-0.2, -0.15) is 0 Å². The Labute approximate surface area is 222 Å². The maximum atomic E-state index is 10.8. The first-order valence-corrected chi connectivity index (χ1v) is 12.6. The molecule has 2 atom stereocenters. The third-order valence-electron chi connectivity index (χ3n) is 4.08. The quantitative estimate of drug-likeness (QED) is 0.213. The van der Waals surface area contributed by atoms with E-state index in [0.29, 0.717) is 11.1 Å². The van der Waals surface area contributed by atoms with Crippen molar-refractivity contribution < 1.29 is 61.5 Å². The number of phenolic OH excluding ortho intramolecular Hbond substituents is 2. The Balaban J connectivity index is 0. The number of carbonyl (C=O) groups is 4. The number of carboxylic acid groups (broad SMARTS) is 2. The number of carbonyl (C=O) groups excluding carboxylic acids is 4. The van der Waals surface area contributed by atoms with Crippen LogP contribution in [0.2, 0.25) is 6.55 Å². The Morgan fingerprint density at radius 3 is 1.19 bits per heavy atom. The van der Waals surface area contributed by atoms with E-state index in [1.807, 2.05) is 6.55 Å². The van der Waals surface area contributed by atoms with Gasteiger partial charge in [0.1, 0.15) is 11.5 Å². The van der Waals surface area contributed by atoms with Crippen LogP contribution in [0.25, 0.3) is 0 Å². The molecular formula is C23H30CuN2O9Si. The molecule has 2 amide bonds. The fourth-order valence-electron chi connectivity index (χ4n) is 2.61. The van der Waals surface area contributed by atoms with Crippen LogP contribution in [-0.4, -0.2) is 60.6 Å². The van der Waals surface area contributed by atoms with Gasteiger partial charge in [-0.1, -0.05) is 30.8 Å². The second-order valence-corrected chi connectivity index (χ2v) is 7.83. The third-order valence-corrected chi connectivity index (χ3v) is 4.08. The van der Waals surface area contributed by atoms with Crippen molar-refractivity contribution in [1.29, 1.82) is 0 Å². The summed E-state index contributed by atoms with van der Waals surface area (Å²) in [6, 6.07) is 10.1. The Bertz CT molecular complexity index is 880. The van der Waals surface area contributed by atoms with Crippen molar-refractivity contribution in [2.45, 2.75) is 45.3 Å². The number of aromatic hydroxyl groups is 2. The molecule has 0 aliphatic rings. The van der Waals surface area contributed by atoms with Crippen molar-refractivity contribution >= 4 is 33.5 Å². The van der Waals surface area contributed by atoms with E-state index in [4.69, 9.17) is 15.0 Å². The molecule has 2 aromatic carbocycles. The van der Waals surface area contributed by atoms with Crippen LogP contribution in [0.4, 0.5) is 0 Å². The summed E-state index contributed by atoms with van der Waals surface area (Å²) in [5.74, 6) is -3.30. The molecule has 2 rings (SSSR count). The molecule has 11 nitrogen and oxygen atoms in total. The number of phenols is 2. The zero-order chi connectivity index (χ0) is 27.0. The van der Waals surface area contributed by atoms with Gasteiger partial charge in [-0.15, -0.1) is 0 Å². The summed E-state index contributed by atoms with van der Waals surface area (Å²) in [7, 11) is -0.583. The first-order chi connectivity index (χ1) is 16.4. The van der Waals surface area contributed by atoms with E-state index in [-0.39, 0.29) is 41.4 Å². The number of carboxylic acids is 2. The van der Waals surface area contributed by atoms with Crippen LogP contribution in [0, 0.1) is 0 Å². The van der Waals surface area contributed by atoms with Gasteiger partial charge in [0.25, 0.3) is 0 Å². The Morgan fingerprint density at radius 1 is 0.750 bits per heavy atom. The second-order valence-electron chi connectivity index (χ2n) is 7.20. The monoisotopic (exact) mass is 569 g/mol. The summed E-state index contributed by atoms with van der Waals surface area (Å²) in [5.41, 5.74) is 1.39. The molecule has 201 valence electrons. The van der Waals surface area contributed by atoms with E-state index in [1.54, 1.807) is 24.3 Å². The smallest absolute Gasteiger partial charge is 0.548 e. The van der Waals surface area contributed by atoms with E-state index in [0.717, 1.165) is 0 Å². The molecule has 0 aliphatic carbocycles. The average molecular weight is 570 g/mol. The van der Waals surface area contributed by atoms with Gasteiger partial charge >= 0.3 is 17.1 Å². The molecule has 13 heteroatoms. The normalized spacial score (nSPS) is 11.3. The van der Waals surface area contributed by atoms with E-state index in [9.17, 15) is 29.4 Å². The molecule has 5 N–H and O–H groups in total. The molecule has 0 aromatic heterocycles. The fraction of sp³-hybridized carbons (Fsp3) is 0.304. The van der Waals surface area contributed by atoms with Crippen molar-refractivity contribution in [2.75, 3.05) is 0 Å². The summed E-state index contributed by atoms with van der Waals surface area (Å²) in [6.45, 7) is 4.31. The molecule has 2 aromatic rings. The Kier molecular flexibility index (Phi) is 18.2. The van der Waals surface area contributed by atoms with Gasteiger partial charge in [0.15, 0.2) is 9.76 Å². The van der Waals surface area contributed by atoms with E-state index < -0.39 is 45.6 Å². The molecule has 0 heterocycles. The molecule has 0 saturated carbocycles. The van der Waals surface area contributed by atoms with Gasteiger partial charge in [0, 0.05) is 13.8 Å². The largest absolute Gasteiger partial charge is 2.00 e. The molecule has 0 aliphatic heterocycles. The standard InChI is InChI=1S/2C11H13NO4.CH6OSi.Cu/c2*1-7(13)12-10(11(15)16)6-8-2-4-9(14)5-3-8;1-3-2;/h2*2-5,10,14H,6H2,1H3,(H,12,13)(H,15,16);2H,3H2,1H3;/q;;;+2/p-2. The minimum Gasteiger partial charge on any atom is -0.548 e. The number of benzene rings is 2. The van der Waals surface area contributed by atoms with Crippen molar-refractivity contribution in [3.05, 3.63) is 59.7 Å². The van der Waals surface area contributed by atoms with Crippen LogP contribution in [0.3, 0.4) is 0 Å². The van der Waals surface area contributed by atoms with Gasteiger partial charge in [-0.3, -0.25) is 9.59 Å². The van der Waals surface area contributed by atoms with Gasteiger partial charge in [0.2, 0.25) is 11.8 Å². The van der Waals surface area contributed by atoms with E-state index >= 15 is 0 Å². The number of amides is 2. The molecule has 2 unspecified atom stereocenters. The predicted molar refractivity (Wildman–Crippen MR) is 125 cm³/mol. The Morgan fingerprint density at radius 2 is 1.00 bits per heavy atom. The molecule has 0 bridgehead atoms. The summed E-state index contributed by atoms with van der Waals surface area (Å²) in [5, 5.41) is 44.1. The van der Waals surface area contributed by atoms with E-state index in [2.05, 4.69) is 10.6 Å². The maximum absolute atomic E-state index is 10.8. The first kappa shape index (κ1) is 34.8. The summed E-state index contributed by atoms with van der Waals surface area (Å²) in [4.78, 5) is 50.7. The van der Waals surface area contributed by atoms with Crippen molar-refractivity contribution in [2.24, 2.45) is 0 Å². The number of nitrogens with one attached hydrogen (secondary N) is 2. The number of hydrogen-bond donors (Lipinski definition) is 5. The van der Waals surface area contributed by atoms with Gasteiger partial charge < -0.3 is 45.4 Å². The van der Waals surface area contributed by atoms with Crippen molar-refractivity contribution in [3.63, 3.8) is 0 Å². The van der Waals surface area contributed by atoms with Crippen LogP contribution in [-0.2, 0) is 49.1 Å². The Hall–Kier alpha value is -3.38. The molecule has 0 fully saturated rings. The second kappa shape index (κ2) is 18.9. The minimum atomic E-state index is -1.33. The van der Waals surface area contributed by atoms with Crippen LogP contribution in [0.5, 0.6) is 11.5 Å². The zero-order valence-corrected chi connectivity index (χ0v) is 22.3. The molecule has 36 heavy (non-hydrogen) atoms. The van der Waals surface area contributed by atoms with Crippen LogP contribution < -0.4 is 20.8 Å². The van der Waals surface area contributed by atoms with Crippen LogP contribution in [0.15, 0.2) is 48.5 Å². The zero-order valence-electron chi connectivity index (χ0n) is 20.0. The van der Waals surface area contributed by atoms with Crippen LogP contribution in [0.1, 0.15) is 25.0 Å². The molecule has 0 spiro atoms. The summed E-state index contributed by atoms with van der Waals surface area (Å²) < 4.78 is 0. The SMILES string of the molecule is CC(=O)NC(Cc1ccc(O)cc1)C(=O)[O-].CC(=O)NC(Cc1ccc(O)cc1)C(=O)[O-].C[SiH2]O.[Cu+2]. The molecular weight excluding hydrogens is 540 g/mol. The van der Waals surface area contributed by atoms with Crippen LogP contribution >= 0.6 is 0 Å². The fourth-order valence-corrected chi connectivity index (χ4v) is 2.61. The van der Waals surface area contributed by atoms with Crippen molar-refractivity contribution in [1.82, 2.24) is 10.6 Å². The maximum Gasteiger partial charge on any atom is 2.00 e. The minimum absolute atomic E-state index is 0. The number of aliphatic carboxylic acids is 2. The van der Waals surface area contributed by atoms with Gasteiger partial charge in [0.05, 0.1) is 24.0 Å². The topological polar surface area (TPSA) is 199 Å². The van der Waals surface area contributed by atoms with Crippen molar-refractivity contribution in [3.8, 4) is 11.5 Å². The molecule has 0 saturated heterocycles. The molecule has 1 radical (unpaired) electrons. The number of rotatable bonds is 8. The summed E-state index contributed by atoms with van der Waals surface area (Å²) >= 11 is 0. The number of hydrogen-bond acceptors (Lipinski definition) is 9. The summed E-state index contributed by atoms with van der Waals surface area (Å²) in [6.07, 6.45) is 0.254. The third kappa shape index (κ3) is 16.3. The first-order valence-electron chi connectivity index (χ1n) is 10.5. The van der Waals surface area contributed by atoms with Gasteiger partial charge in [-0.05, 0) is 48.2 Å². The average Bonchev–Trinajstić information content (AvgIpc) is 2.76. The van der Waals surface area contributed by atoms with Gasteiger partial charge in [-0.25, -0.2) is 0 Å².